The molecule has 2 heteroatoms. The van der Waals surface area contributed by atoms with Gasteiger partial charge < -0.3 is 5.32 Å². The summed E-state index contributed by atoms with van der Waals surface area (Å²) in [5.74, 6) is 1.05. The fourth-order valence-electron chi connectivity index (χ4n) is 2.95. The van der Waals surface area contributed by atoms with E-state index in [1.165, 1.54) is 51.4 Å². The van der Waals surface area contributed by atoms with E-state index in [1.807, 2.05) is 0 Å². The molecular weight excluding hydrogens is 210 g/mol. The van der Waals surface area contributed by atoms with E-state index in [4.69, 9.17) is 0 Å². The molecule has 1 amide bonds. The molecule has 0 bridgehead atoms. The van der Waals surface area contributed by atoms with Crippen molar-refractivity contribution < 1.29 is 4.79 Å². The number of carbonyl (C=O) groups excluding carboxylic acids is 1. The molecular formula is C15H29NO. The van der Waals surface area contributed by atoms with Crippen LogP contribution in [0, 0.1) is 5.92 Å². The fourth-order valence-corrected chi connectivity index (χ4v) is 2.95. The van der Waals surface area contributed by atoms with Gasteiger partial charge in [0.25, 0.3) is 0 Å². The van der Waals surface area contributed by atoms with Crippen LogP contribution in [0.1, 0.15) is 78.1 Å². The molecule has 0 aromatic rings. The van der Waals surface area contributed by atoms with Crippen LogP contribution in [0.15, 0.2) is 0 Å². The predicted molar refractivity (Wildman–Crippen MR) is 72.9 cm³/mol. The number of amides is 1. The zero-order chi connectivity index (χ0) is 12.5. The third-order valence-corrected chi connectivity index (χ3v) is 3.89. The highest BCUT2D eigenvalue weighted by molar-refractivity contribution is 5.76. The van der Waals surface area contributed by atoms with Gasteiger partial charge in [0.15, 0.2) is 0 Å². The van der Waals surface area contributed by atoms with Crippen molar-refractivity contribution in [3.63, 3.8) is 0 Å². The second-order valence-electron chi connectivity index (χ2n) is 5.53. The number of nitrogens with one attached hydrogen (secondary N) is 1. The Morgan fingerprint density at radius 3 is 2.24 bits per heavy atom. The fraction of sp³-hybridized carbons (Fsp3) is 0.933. The van der Waals surface area contributed by atoms with Crippen LogP contribution in [0.4, 0.5) is 0 Å². The Balaban J connectivity index is 2.15. The number of carbonyl (C=O) groups is 1. The van der Waals surface area contributed by atoms with Crippen molar-refractivity contribution in [1.82, 2.24) is 5.32 Å². The zero-order valence-electron chi connectivity index (χ0n) is 11.6. The molecule has 1 aliphatic carbocycles. The maximum absolute atomic E-state index is 11.8. The topological polar surface area (TPSA) is 29.1 Å². The number of hydrogen-bond donors (Lipinski definition) is 1. The van der Waals surface area contributed by atoms with Gasteiger partial charge in [-0.05, 0) is 25.2 Å². The highest BCUT2D eigenvalue weighted by atomic mass is 16.1. The molecule has 0 radical (unpaired) electrons. The summed E-state index contributed by atoms with van der Waals surface area (Å²) in [6.07, 6.45) is 11.8. The van der Waals surface area contributed by atoms with Gasteiger partial charge in [-0.2, -0.15) is 0 Å². The lowest BCUT2D eigenvalue weighted by Gasteiger charge is -2.16. The van der Waals surface area contributed by atoms with Gasteiger partial charge in [-0.25, -0.2) is 0 Å². The van der Waals surface area contributed by atoms with Crippen molar-refractivity contribution in [2.45, 2.75) is 84.1 Å². The highest BCUT2D eigenvalue weighted by Crippen LogP contribution is 2.20. The average Bonchev–Trinajstić information content (AvgIpc) is 2.79. The molecule has 1 aliphatic rings. The highest BCUT2D eigenvalue weighted by Gasteiger charge is 2.17. The van der Waals surface area contributed by atoms with Gasteiger partial charge in [-0.3, -0.25) is 4.79 Å². The van der Waals surface area contributed by atoms with Crippen molar-refractivity contribution in [3.05, 3.63) is 0 Å². The van der Waals surface area contributed by atoms with E-state index in [1.54, 1.807) is 0 Å². The first-order valence-corrected chi connectivity index (χ1v) is 7.55. The third-order valence-electron chi connectivity index (χ3n) is 3.89. The molecule has 1 rings (SSSR count). The Morgan fingerprint density at radius 1 is 1.12 bits per heavy atom. The van der Waals surface area contributed by atoms with Crippen molar-refractivity contribution in [1.29, 1.82) is 0 Å². The monoisotopic (exact) mass is 239 g/mol. The SMILES string of the molecule is CCCC(CCC)CCC(=O)NC1CCCC1. The number of hydrogen-bond acceptors (Lipinski definition) is 1. The Bertz CT molecular complexity index is 203. The summed E-state index contributed by atoms with van der Waals surface area (Å²) < 4.78 is 0. The van der Waals surface area contributed by atoms with E-state index in [-0.39, 0.29) is 5.91 Å². The lowest BCUT2D eigenvalue weighted by Crippen LogP contribution is -2.32. The average molecular weight is 239 g/mol. The molecule has 1 N–H and O–H groups in total. The van der Waals surface area contributed by atoms with Gasteiger partial charge in [-0.15, -0.1) is 0 Å². The Labute approximate surface area is 107 Å². The van der Waals surface area contributed by atoms with E-state index in [9.17, 15) is 4.79 Å². The zero-order valence-corrected chi connectivity index (χ0v) is 11.6. The maximum atomic E-state index is 11.8. The normalized spacial score (nSPS) is 16.6. The minimum absolute atomic E-state index is 0.286. The molecule has 0 aromatic heterocycles. The summed E-state index contributed by atoms with van der Waals surface area (Å²) in [5, 5.41) is 3.18. The molecule has 0 heterocycles. The van der Waals surface area contributed by atoms with Gasteiger partial charge in [0.1, 0.15) is 0 Å². The predicted octanol–water partition coefficient (Wildman–Crippen LogP) is 4.04. The first-order valence-electron chi connectivity index (χ1n) is 7.55. The second kappa shape index (κ2) is 8.54. The lowest BCUT2D eigenvalue weighted by atomic mass is 9.93. The maximum Gasteiger partial charge on any atom is 0.220 e. The van der Waals surface area contributed by atoms with Gasteiger partial charge in [0.2, 0.25) is 5.91 Å². The molecule has 0 spiro atoms. The van der Waals surface area contributed by atoms with Crippen LogP contribution < -0.4 is 5.32 Å². The molecule has 0 unspecified atom stereocenters. The van der Waals surface area contributed by atoms with Crippen LogP contribution in [0.25, 0.3) is 0 Å². The quantitative estimate of drug-likeness (QED) is 0.680. The first-order chi connectivity index (χ1) is 8.26. The molecule has 100 valence electrons. The molecule has 17 heavy (non-hydrogen) atoms. The minimum atomic E-state index is 0.286. The van der Waals surface area contributed by atoms with Crippen LogP contribution in [0.2, 0.25) is 0 Å². The summed E-state index contributed by atoms with van der Waals surface area (Å²) in [5.41, 5.74) is 0. The van der Waals surface area contributed by atoms with Crippen LogP contribution in [-0.2, 0) is 4.79 Å². The smallest absolute Gasteiger partial charge is 0.220 e. The summed E-state index contributed by atoms with van der Waals surface area (Å²) in [4.78, 5) is 11.8. The third kappa shape index (κ3) is 6.09. The van der Waals surface area contributed by atoms with E-state index in [2.05, 4.69) is 19.2 Å². The Hall–Kier alpha value is -0.530. The van der Waals surface area contributed by atoms with Crippen LogP contribution in [0.5, 0.6) is 0 Å². The van der Waals surface area contributed by atoms with Crippen LogP contribution >= 0.6 is 0 Å². The second-order valence-corrected chi connectivity index (χ2v) is 5.53. The molecule has 0 atom stereocenters. The molecule has 0 aliphatic heterocycles. The lowest BCUT2D eigenvalue weighted by molar-refractivity contribution is -0.122. The Kier molecular flexibility index (Phi) is 7.30. The van der Waals surface area contributed by atoms with Crippen LogP contribution in [0.3, 0.4) is 0 Å². The summed E-state index contributed by atoms with van der Waals surface area (Å²) in [6.45, 7) is 4.47. The summed E-state index contributed by atoms with van der Waals surface area (Å²) in [7, 11) is 0. The van der Waals surface area contributed by atoms with Crippen molar-refractivity contribution in [3.8, 4) is 0 Å². The van der Waals surface area contributed by atoms with Crippen molar-refractivity contribution in [2.75, 3.05) is 0 Å². The minimum Gasteiger partial charge on any atom is -0.353 e. The first kappa shape index (κ1) is 14.5. The van der Waals surface area contributed by atoms with E-state index < -0.39 is 0 Å². The number of rotatable bonds is 8. The van der Waals surface area contributed by atoms with Gasteiger partial charge in [0, 0.05) is 12.5 Å². The molecule has 2 nitrogen and oxygen atoms in total. The van der Waals surface area contributed by atoms with Gasteiger partial charge >= 0.3 is 0 Å². The largest absolute Gasteiger partial charge is 0.353 e. The molecule has 1 fully saturated rings. The van der Waals surface area contributed by atoms with E-state index >= 15 is 0 Å². The van der Waals surface area contributed by atoms with Crippen molar-refractivity contribution >= 4 is 5.91 Å². The molecule has 0 aromatic carbocycles. The van der Waals surface area contributed by atoms with Gasteiger partial charge in [0.05, 0.1) is 0 Å². The Morgan fingerprint density at radius 2 is 1.71 bits per heavy atom. The summed E-state index contributed by atoms with van der Waals surface area (Å²) in [6, 6.07) is 0.485. The van der Waals surface area contributed by atoms with E-state index in [0.29, 0.717) is 6.04 Å². The molecule has 1 saturated carbocycles. The van der Waals surface area contributed by atoms with Gasteiger partial charge in [-0.1, -0.05) is 52.4 Å². The van der Waals surface area contributed by atoms with E-state index in [0.717, 1.165) is 18.8 Å². The van der Waals surface area contributed by atoms with Crippen molar-refractivity contribution in [2.24, 2.45) is 5.92 Å². The van der Waals surface area contributed by atoms with Crippen LogP contribution in [-0.4, -0.2) is 11.9 Å². The molecule has 0 saturated heterocycles. The standard InChI is InChI=1S/C15H29NO/c1-3-7-13(8-4-2)11-12-15(17)16-14-9-5-6-10-14/h13-14H,3-12H2,1-2H3,(H,16,17). The summed E-state index contributed by atoms with van der Waals surface area (Å²) >= 11 is 0.